The van der Waals surface area contributed by atoms with Gasteiger partial charge in [0, 0.05) is 24.7 Å². The van der Waals surface area contributed by atoms with E-state index < -0.39 is 18.4 Å². The molecule has 2 saturated heterocycles. The van der Waals surface area contributed by atoms with Gasteiger partial charge in [0.05, 0.1) is 17.6 Å². The summed E-state index contributed by atoms with van der Waals surface area (Å²) in [4.78, 5) is 23.3. The molecule has 8 nitrogen and oxygen atoms in total. The lowest BCUT2D eigenvalue weighted by atomic mass is 10.0. The number of halogens is 3. The standard InChI is InChI=1S/C19H17F3N4O4S/c20-19(21,22)15(27)9-5-12(16-23-3-4-31-16)14-13(6-9)24-17(30-14)25-7-10-1-2-11(8-25)26(10)18(28)29/h3-6,10-11,15,27H,1-2,7-8H2,(H,28,29). The van der Waals surface area contributed by atoms with Crippen molar-refractivity contribution in [3.8, 4) is 10.6 Å². The SMILES string of the molecule is O=C(O)N1C2CCC1CN(c1nc3cc(C(O)C(F)(F)F)cc(-c4nccs4)c3o1)C2. The third kappa shape index (κ3) is 3.39. The van der Waals surface area contributed by atoms with Gasteiger partial charge in [-0.05, 0) is 30.5 Å². The van der Waals surface area contributed by atoms with Crippen LogP contribution in [-0.4, -0.2) is 62.5 Å². The van der Waals surface area contributed by atoms with E-state index >= 15 is 0 Å². The molecule has 0 aliphatic carbocycles. The van der Waals surface area contributed by atoms with Gasteiger partial charge >= 0.3 is 12.3 Å². The molecule has 2 fully saturated rings. The number of aliphatic hydroxyl groups excluding tert-OH is 1. The number of aromatic nitrogens is 2. The molecule has 0 radical (unpaired) electrons. The number of piperazine rings is 1. The van der Waals surface area contributed by atoms with E-state index in [4.69, 9.17) is 4.42 Å². The van der Waals surface area contributed by atoms with Crippen LogP contribution in [0, 0.1) is 0 Å². The summed E-state index contributed by atoms with van der Waals surface area (Å²) < 4.78 is 45.4. The van der Waals surface area contributed by atoms with Crippen LogP contribution < -0.4 is 4.90 Å². The van der Waals surface area contributed by atoms with Crippen molar-refractivity contribution in [2.24, 2.45) is 0 Å². The molecule has 1 amide bonds. The van der Waals surface area contributed by atoms with Gasteiger partial charge < -0.3 is 19.5 Å². The zero-order chi connectivity index (χ0) is 21.9. The number of carbonyl (C=O) groups is 1. The van der Waals surface area contributed by atoms with Crippen molar-refractivity contribution in [3.63, 3.8) is 0 Å². The van der Waals surface area contributed by atoms with Crippen molar-refractivity contribution >= 4 is 34.5 Å². The van der Waals surface area contributed by atoms with Crippen LogP contribution in [0.15, 0.2) is 28.1 Å². The van der Waals surface area contributed by atoms with Crippen molar-refractivity contribution in [1.29, 1.82) is 0 Å². The minimum atomic E-state index is -4.83. The summed E-state index contributed by atoms with van der Waals surface area (Å²) in [7, 11) is 0. The van der Waals surface area contributed by atoms with E-state index in [9.17, 15) is 28.2 Å². The molecule has 0 saturated carbocycles. The number of hydrogen-bond donors (Lipinski definition) is 2. The molecular weight excluding hydrogens is 437 g/mol. The van der Waals surface area contributed by atoms with Crippen LogP contribution in [0.25, 0.3) is 21.7 Å². The minimum Gasteiger partial charge on any atom is -0.465 e. The van der Waals surface area contributed by atoms with Crippen LogP contribution in [0.4, 0.5) is 24.0 Å². The molecule has 2 aliphatic heterocycles. The van der Waals surface area contributed by atoms with Crippen LogP contribution in [0.2, 0.25) is 0 Å². The summed E-state index contributed by atoms with van der Waals surface area (Å²) in [5.74, 6) is 0. The van der Waals surface area contributed by atoms with E-state index in [1.54, 1.807) is 5.38 Å². The average Bonchev–Trinajstić information content (AvgIpc) is 3.43. The number of fused-ring (bicyclic) bond motifs is 3. The van der Waals surface area contributed by atoms with Crippen LogP contribution in [0.5, 0.6) is 0 Å². The Morgan fingerprint density at radius 3 is 2.55 bits per heavy atom. The summed E-state index contributed by atoms with van der Waals surface area (Å²) >= 11 is 1.23. The van der Waals surface area contributed by atoms with Gasteiger partial charge in [0.2, 0.25) is 0 Å². The lowest BCUT2D eigenvalue weighted by molar-refractivity contribution is -0.206. The summed E-state index contributed by atoms with van der Waals surface area (Å²) in [5, 5.41) is 21.3. The first-order chi connectivity index (χ1) is 14.7. The maximum absolute atomic E-state index is 13.1. The monoisotopic (exact) mass is 454 g/mol. The fourth-order valence-electron chi connectivity index (χ4n) is 4.41. The Bertz CT molecular complexity index is 1120. The number of carboxylic acid groups (broad SMARTS) is 1. The fourth-order valence-corrected chi connectivity index (χ4v) is 5.06. The fraction of sp³-hybridized carbons (Fsp3) is 0.421. The smallest absolute Gasteiger partial charge is 0.418 e. The van der Waals surface area contributed by atoms with Crippen molar-refractivity contribution in [2.75, 3.05) is 18.0 Å². The number of thiazole rings is 1. The van der Waals surface area contributed by atoms with E-state index in [-0.39, 0.29) is 34.8 Å². The van der Waals surface area contributed by atoms with E-state index in [1.807, 2.05) is 4.90 Å². The number of amides is 1. The van der Waals surface area contributed by atoms with Gasteiger partial charge in [-0.1, -0.05) is 0 Å². The molecule has 2 aliphatic rings. The molecule has 164 valence electrons. The Balaban J connectivity index is 1.56. The largest absolute Gasteiger partial charge is 0.465 e. The maximum Gasteiger partial charge on any atom is 0.418 e. The van der Waals surface area contributed by atoms with Crippen LogP contribution in [0.3, 0.4) is 0 Å². The number of oxazole rings is 1. The maximum atomic E-state index is 13.1. The highest BCUT2D eigenvalue weighted by atomic mass is 32.1. The van der Waals surface area contributed by atoms with Crippen molar-refractivity contribution in [3.05, 3.63) is 29.3 Å². The lowest BCUT2D eigenvalue weighted by Crippen LogP contribution is -2.55. The normalized spacial score (nSPS) is 22.3. The third-order valence-corrected chi connectivity index (χ3v) is 6.57. The predicted octanol–water partition coefficient (Wildman–Crippen LogP) is 3.88. The van der Waals surface area contributed by atoms with E-state index in [0.717, 1.165) is 12.8 Å². The number of hydrogen-bond acceptors (Lipinski definition) is 7. The summed E-state index contributed by atoms with van der Waals surface area (Å²) in [5.41, 5.74) is 0.419. The second kappa shape index (κ2) is 7.09. The number of rotatable bonds is 3. The third-order valence-electron chi connectivity index (χ3n) is 5.76. The number of nitrogens with zero attached hydrogens (tertiary/aromatic N) is 4. The Kier molecular flexibility index (Phi) is 4.59. The van der Waals surface area contributed by atoms with Gasteiger partial charge in [-0.15, -0.1) is 11.3 Å². The van der Waals surface area contributed by atoms with Gasteiger partial charge in [-0.3, -0.25) is 4.90 Å². The molecule has 2 aromatic heterocycles. The Labute approximate surface area is 177 Å². The van der Waals surface area contributed by atoms with Crippen molar-refractivity contribution in [1.82, 2.24) is 14.9 Å². The summed E-state index contributed by atoms with van der Waals surface area (Å²) in [6.07, 6.45) is -5.45. The number of benzene rings is 1. The zero-order valence-corrected chi connectivity index (χ0v) is 16.7. The van der Waals surface area contributed by atoms with Crippen LogP contribution >= 0.6 is 11.3 Å². The molecule has 3 aromatic rings. The molecule has 5 rings (SSSR count). The van der Waals surface area contributed by atoms with Crippen molar-refractivity contribution < 1.29 is 32.6 Å². The Hall–Kier alpha value is -2.86. The molecular formula is C19H17F3N4O4S. The van der Waals surface area contributed by atoms with Gasteiger partial charge in [0.1, 0.15) is 10.5 Å². The van der Waals surface area contributed by atoms with Crippen LogP contribution in [0.1, 0.15) is 24.5 Å². The molecule has 4 heterocycles. The van der Waals surface area contributed by atoms with Crippen molar-refractivity contribution in [2.45, 2.75) is 37.2 Å². The summed E-state index contributed by atoms with van der Waals surface area (Å²) in [6.45, 7) is 0.778. The number of aliphatic hydroxyl groups is 1. The van der Waals surface area contributed by atoms with Gasteiger partial charge in [0.25, 0.3) is 6.01 Å². The zero-order valence-electron chi connectivity index (χ0n) is 15.9. The second-order valence-electron chi connectivity index (χ2n) is 7.67. The van der Waals surface area contributed by atoms with E-state index in [1.165, 1.54) is 34.6 Å². The first-order valence-electron chi connectivity index (χ1n) is 9.57. The van der Waals surface area contributed by atoms with E-state index in [2.05, 4.69) is 9.97 Å². The molecule has 1 aromatic carbocycles. The Morgan fingerprint density at radius 2 is 1.97 bits per heavy atom. The number of alkyl halides is 3. The molecule has 2 bridgehead atoms. The molecule has 31 heavy (non-hydrogen) atoms. The molecule has 0 spiro atoms. The minimum absolute atomic E-state index is 0.175. The molecule has 3 unspecified atom stereocenters. The molecule has 12 heteroatoms. The lowest BCUT2D eigenvalue weighted by Gasteiger charge is -2.38. The molecule has 3 atom stereocenters. The highest BCUT2D eigenvalue weighted by Gasteiger charge is 2.44. The van der Waals surface area contributed by atoms with E-state index in [0.29, 0.717) is 23.7 Å². The van der Waals surface area contributed by atoms with Gasteiger partial charge in [-0.2, -0.15) is 18.2 Å². The molecule has 2 N–H and O–H groups in total. The second-order valence-corrected chi connectivity index (χ2v) is 8.57. The Morgan fingerprint density at radius 1 is 1.26 bits per heavy atom. The average molecular weight is 454 g/mol. The van der Waals surface area contributed by atoms with Gasteiger partial charge in [-0.25, -0.2) is 9.78 Å². The first-order valence-corrected chi connectivity index (χ1v) is 10.5. The van der Waals surface area contributed by atoms with Gasteiger partial charge in [0.15, 0.2) is 11.7 Å². The number of anilines is 1. The first kappa shape index (κ1) is 20.1. The predicted molar refractivity (Wildman–Crippen MR) is 105 cm³/mol. The highest BCUT2D eigenvalue weighted by molar-refractivity contribution is 7.13. The topological polar surface area (TPSA) is 103 Å². The quantitative estimate of drug-likeness (QED) is 0.619. The van der Waals surface area contributed by atoms with Crippen LogP contribution in [-0.2, 0) is 0 Å². The highest BCUT2D eigenvalue weighted by Crippen LogP contribution is 2.40. The summed E-state index contributed by atoms with van der Waals surface area (Å²) in [6, 6.07) is 2.23.